The predicted molar refractivity (Wildman–Crippen MR) is 35.3 cm³/mol. The molecule has 1 aromatic heterocycles. The highest BCUT2D eigenvalue weighted by molar-refractivity contribution is 6.32. The third kappa shape index (κ3) is 1.23. The first-order valence-corrected chi connectivity index (χ1v) is 2.68. The Bertz CT molecular complexity index is 226. The van der Waals surface area contributed by atoms with Crippen molar-refractivity contribution in [3.05, 3.63) is 17.3 Å². The van der Waals surface area contributed by atoms with E-state index in [-0.39, 0.29) is 16.6 Å². The number of halogens is 1. The van der Waals surface area contributed by atoms with Gasteiger partial charge in [0, 0.05) is 6.07 Å². The molecule has 0 saturated heterocycles. The molecule has 4 heteroatoms. The first-order chi connectivity index (χ1) is 4.20. The van der Waals surface area contributed by atoms with Gasteiger partial charge in [0.05, 0.1) is 11.2 Å². The third-order valence-corrected chi connectivity index (χ3v) is 1.16. The molecule has 0 atom stereocenters. The van der Waals surface area contributed by atoms with Gasteiger partial charge in [0.2, 0.25) is 0 Å². The fourth-order valence-electron chi connectivity index (χ4n) is 0.438. The number of nitrogen functional groups attached to an aromatic ring is 1. The second kappa shape index (κ2) is 2.11. The number of nitrogens with two attached hydrogens (primary N) is 1. The minimum absolute atomic E-state index is 0.0224. The van der Waals surface area contributed by atoms with Gasteiger partial charge in [-0.3, -0.25) is 0 Å². The van der Waals surface area contributed by atoms with Gasteiger partial charge in [0.1, 0.15) is 11.6 Å². The van der Waals surface area contributed by atoms with Crippen LogP contribution in [0.25, 0.3) is 0 Å². The lowest BCUT2D eigenvalue weighted by Gasteiger charge is -1.94. The largest absolute Gasteiger partial charge is 0.506 e. The van der Waals surface area contributed by atoms with E-state index in [4.69, 9.17) is 22.4 Å². The molecule has 48 valence electrons. The lowest BCUT2D eigenvalue weighted by molar-refractivity contribution is 0.473. The minimum Gasteiger partial charge on any atom is -0.506 e. The lowest BCUT2D eigenvalue weighted by Crippen LogP contribution is -1.88. The van der Waals surface area contributed by atoms with Gasteiger partial charge in [0.25, 0.3) is 0 Å². The van der Waals surface area contributed by atoms with Crippen molar-refractivity contribution in [1.82, 2.24) is 4.98 Å². The van der Waals surface area contributed by atoms with Crippen LogP contribution in [0, 0.1) is 0 Å². The van der Waals surface area contributed by atoms with Gasteiger partial charge in [-0.25, -0.2) is 4.98 Å². The van der Waals surface area contributed by atoms with Crippen molar-refractivity contribution in [3.8, 4) is 5.75 Å². The van der Waals surface area contributed by atoms with E-state index in [1.165, 1.54) is 12.3 Å². The Hall–Kier alpha value is -0.960. The van der Waals surface area contributed by atoms with E-state index in [1.54, 1.807) is 0 Å². The second-order valence-corrected chi connectivity index (χ2v) is 1.97. The molecule has 1 heterocycles. The third-order valence-electron chi connectivity index (χ3n) is 0.855. The molecule has 0 aliphatic carbocycles. The zero-order valence-corrected chi connectivity index (χ0v) is 5.26. The fourth-order valence-corrected chi connectivity index (χ4v) is 0.599. The van der Waals surface area contributed by atoms with Crippen LogP contribution in [-0.4, -0.2) is 10.1 Å². The number of aromatic nitrogens is 1. The summed E-state index contributed by atoms with van der Waals surface area (Å²) >= 11 is 5.47. The van der Waals surface area contributed by atoms with E-state index in [1.807, 2.05) is 0 Å². The summed E-state index contributed by atoms with van der Waals surface area (Å²) in [7, 11) is 0. The highest BCUT2D eigenvalue weighted by atomic mass is 35.5. The number of hydrogen-bond donors (Lipinski definition) is 2. The van der Waals surface area contributed by atoms with Crippen LogP contribution in [0.3, 0.4) is 0 Å². The molecule has 0 saturated carbocycles. The van der Waals surface area contributed by atoms with Gasteiger partial charge in [-0.05, 0) is 0 Å². The zero-order valence-electron chi connectivity index (χ0n) is 4.50. The molecule has 0 radical (unpaired) electrons. The van der Waals surface area contributed by atoms with E-state index in [0.29, 0.717) is 0 Å². The molecule has 1 rings (SSSR count). The Balaban J connectivity index is 3.17. The van der Waals surface area contributed by atoms with Gasteiger partial charge in [0.15, 0.2) is 0 Å². The van der Waals surface area contributed by atoms with Gasteiger partial charge < -0.3 is 10.8 Å². The fraction of sp³-hybridized carbons (Fsp3) is 0. The summed E-state index contributed by atoms with van der Waals surface area (Å²) in [5, 5.41) is 9.01. The summed E-state index contributed by atoms with van der Waals surface area (Å²) in [5.41, 5.74) is 5.23. The van der Waals surface area contributed by atoms with Crippen molar-refractivity contribution in [1.29, 1.82) is 0 Å². The van der Waals surface area contributed by atoms with Gasteiger partial charge in [-0.15, -0.1) is 0 Å². The molecular formula is C5H5ClN2O. The second-order valence-electron chi connectivity index (χ2n) is 1.56. The van der Waals surface area contributed by atoms with E-state index in [9.17, 15) is 0 Å². The molecule has 0 bridgehead atoms. The monoisotopic (exact) mass is 144 g/mol. The average molecular weight is 145 g/mol. The van der Waals surface area contributed by atoms with Crippen molar-refractivity contribution in [2.45, 2.75) is 0 Å². The number of hydrogen-bond acceptors (Lipinski definition) is 3. The van der Waals surface area contributed by atoms with Crippen LogP contribution in [0.15, 0.2) is 12.3 Å². The summed E-state index contributed by atoms with van der Waals surface area (Å²) in [6, 6.07) is 1.34. The minimum atomic E-state index is 0.0224. The molecule has 1 aromatic rings. The van der Waals surface area contributed by atoms with Crippen molar-refractivity contribution >= 4 is 17.4 Å². The smallest absolute Gasteiger partial charge is 0.142 e. The first kappa shape index (κ1) is 6.16. The van der Waals surface area contributed by atoms with E-state index in [2.05, 4.69) is 4.98 Å². The molecule has 0 fully saturated rings. The topological polar surface area (TPSA) is 59.1 Å². The average Bonchev–Trinajstić information content (AvgIpc) is 1.80. The molecule has 0 aliphatic heterocycles. The summed E-state index contributed by atoms with van der Waals surface area (Å²) in [6.07, 6.45) is 1.24. The molecule has 0 aromatic carbocycles. The molecule has 3 nitrogen and oxygen atoms in total. The van der Waals surface area contributed by atoms with Crippen LogP contribution in [0.2, 0.25) is 5.02 Å². The van der Waals surface area contributed by atoms with E-state index in [0.717, 1.165) is 0 Å². The molecule has 0 amide bonds. The molecule has 0 unspecified atom stereocenters. The lowest BCUT2D eigenvalue weighted by atomic mass is 10.4. The Morgan fingerprint density at radius 1 is 1.67 bits per heavy atom. The molecule has 9 heavy (non-hydrogen) atoms. The number of nitrogens with zero attached hydrogens (tertiary/aromatic N) is 1. The van der Waals surface area contributed by atoms with Crippen LogP contribution >= 0.6 is 11.6 Å². The van der Waals surface area contributed by atoms with Crippen LogP contribution in [0.4, 0.5) is 5.82 Å². The maximum Gasteiger partial charge on any atom is 0.142 e. The Morgan fingerprint density at radius 3 is 2.78 bits per heavy atom. The van der Waals surface area contributed by atoms with Crippen LogP contribution in [-0.2, 0) is 0 Å². The molecule has 3 N–H and O–H groups in total. The maximum absolute atomic E-state index is 8.74. The first-order valence-electron chi connectivity index (χ1n) is 2.30. The Labute approximate surface area is 57.1 Å². The summed E-state index contributed by atoms with van der Waals surface area (Å²) < 4.78 is 0. The zero-order chi connectivity index (χ0) is 6.85. The molecule has 0 spiro atoms. The van der Waals surface area contributed by atoms with Crippen molar-refractivity contribution in [2.75, 3.05) is 5.73 Å². The number of pyridine rings is 1. The van der Waals surface area contributed by atoms with Crippen molar-refractivity contribution in [2.24, 2.45) is 0 Å². The van der Waals surface area contributed by atoms with Crippen molar-refractivity contribution < 1.29 is 5.11 Å². The normalized spacial score (nSPS) is 9.44. The summed E-state index contributed by atoms with van der Waals surface area (Å²) in [5.74, 6) is 0.253. The van der Waals surface area contributed by atoms with Crippen LogP contribution < -0.4 is 5.73 Å². The summed E-state index contributed by atoms with van der Waals surface area (Å²) in [6.45, 7) is 0. The number of aromatic hydroxyl groups is 1. The quantitative estimate of drug-likeness (QED) is 0.572. The predicted octanol–water partition coefficient (Wildman–Crippen LogP) is 1.02. The highest BCUT2D eigenvalue weighted by Gasteiger charge is 1.95. The Morgan fingerprint density at radius 2 is 2.33 bits per heavy atom. The molecular weight excluding hydrogens is 140 g/mol. The van der Waals surface area contributed by atoms with Crippen molar-refractivity contribution in [3.63, 3.8) is 0 Å². The Kier molecular flexibility index (Phi) is 1.44. The van der Waals surface area contributed by atoms with Gasteiger partial charge >= 0.3 is 0 Å². The highest BCUT2D eigenvalue weighted by Crippen LogP contribution is 2.19. The van der Waals surface area contributed by atoms with Gasteiger partial charge in [-0.1, -0.05) is 11.6 Å². The molecule has 0 aliphatic rings. The summed E-state index contributed by atoms with van der Waals surface area (Å²) in [4.78, 5) is 3.57. The number of rotatable bonds is 0. The van der Waals surface area contributed by atoms with Crippen LogP contribution in [0.1, 0.15) is 0 Å². The standard InChI is InChI=1S/C5H5ClN2O/c6-4-1-3(9)2-8-5(4)7/h1-2,9H,(H2,7,8). The van der Waals surface area contributed by atoms with Crippen LogP contribution in [0.5, 0.6) is 5.75 Å². The SMILES string of the molecule is Nc1ncc(O)cc1Cl. The maximum atomic E-state index is 8.74. The van der Waals surface area contributed by atoms with E-state index >= 15 is 0 Å². The van der Waals surface area contributed by atoms with E-state index < -0.39 is 0 Å². The van der Waals surface area contributed by atoms with Gasteiger partial charge in [-0.2, -0.15) is 0 Å². The number of anilines is 1.